The molecule has 10 aromatic carbocycles. The summed E-state index contributed by atoms with van der Waals surface area (Å²) < 4.78 is 168. The average Bonchev–Trinajstić information content (AvgIpc) is 4.15. The van der Waals surface area contributed by atoms with Crippen LogP contribution in [0, 0.1) is 22.7 Å². The molecule has 4 nitrogen and oxygen atoms in total. The van der Waals surface area contributed by atoms with Crippen molar-refractivity contribution < 1.29 is 52.7 Å². The largest absolute Gasteiger partial charge is 0.416 e. The smallest absolute Gasteiger partial charge is 0.308 e. The molecule has 0 amide bonds. The SMILES string of the molecule is N#Cc1ccc(-c2ccc(C#N)c(-n3c4cc(-c5ccc(C(F)(F)F)cc5)ccc4c4ccc(-c5ccc(C(F)(F)F)cc5)cc43)c2)cc1-n1c2cc(-c3ccc(C(F)(F)F)cc3)ccc2c2ccc(-c3ccc(C(F)(F)F)cc3)cc21. The third-order valence-electron chi connectivity index (χ3n) is 14.8. The third kappa shape index (κ3) is 9.41. The van der Waals surface area contributed by atoms with E-state index in [4.69, 9.17) is 0 Å². The number of aromatic nitrogens is 2. The maximum absolute atomic E-state index is 13.7. The molecule has 12 rings (SSSR count). The zero-order valence-corrected chi connectivity index (χ0v) is 42.0. The molecular weight excluding hydrogens is 1080 g/mol. The first-order valence-electron chi connectivity index (χ1n) is 25.0. The number of nitriles is 2. The van der Waals surface area contributed by atoms with Gasteiger partial charge in [-0.1, -0.05) is 109 Å². The number of benzene rings is 10. The Kier molecular flexibility index (Phi) is 12.4. The molecule has 0 N–H and O–H groups in total. The van der Waals surface area contributed by atoms with Crippen LogP contribution >= 0.6 is 0 Å². The maximum Gasteiger partial charge on any atom is 0.416 e. The van der Waals surface area contributed by atoms with E-state index in [2.05, 4.69) is 12.1 Å². The van der Waals surface area contributed by atoms with E-state index in [1.54, 1.807) is 109 Å². The minimum Gasteiger partial charge on any atom is -0.308 e. The Hall–Kier alpha value is -10.1. The van der Waals surface area contributed by atoms with Crippen LogP contribution < -0.4 is 0 Å². The van der Waals surface area contributed by atoms with Crippen molar-refractivity contribution in [3.8, 4) is 79.1 Å². The molecule has 12 aromatic rings. The van der Waals surface area contributed by atoms with Crippen molar-refractivity contribution in [3.63, 3.8) is 0 Å². The van der Waals surface area contributed by atoms with E-state index in [1.807, 2.05) is 9.13 Å². The van der Waals surface area contributed by atoms with Crippen LogP contribution in [0.3, 0.4) is 0 Å². The van der Waals surface area contributed by atoms with Crippen LogP contribution in [0.25, 0.3) is 111 Å². The van der Waals surface area contributed by atoms with Gasteiger partial charge in [-0.15, -0.1) is 0 Å². The van der Waals surface area contributed by atoms with Crippen molar-refractivity contribution in [2.24, 2.45) is 0 Å². The Labute approximate surface area is 457 Å². The first kappa shape index (κ1) is 52.6. The molecule has 0 unspecified atom stereocenters. The Bertz CT molecular complexity index is 4080. The normalized spacial score (nSPS) is 12.4. The molecular formula is C66H34F12N4. The summed E-state index contributed by atoms with van der Waals surface area (Å²) in [7, 11) is 0. The van der Waals surface area contributed by atoms with Crippen LogP contribution in [-0.4, -0.2) is 9.13 Å². The lowest BCUT2D eigenvalue weighted by molar-refractivity contribution is -0.138. The number of alkyl halides is 12. The van der Waals surface area contributed by atoms with Gasteiger partial charge >= 0.3 is 24.7 Å². The first-order chi connectivity index (χ1) is 39.0. The highest BCUT2D eigenvalue weighted by Crippen LogP contribution is 2.43. The van der Waals surface area contributed by atoms with Crippen molar-refractivity contribution in [1.29, 1.82) is 10.5 Å². The van der Waals surface area contributed by atoms with Gasteiger partial charge in [0.15, 0.2) is 0 Å². The molecule has 0 spiro atoms. The number of halogens is 12. The fourth-order valence-corrected chi connectivity index (χ4v) is 10.7. The van der Waals surface area contributed by atoms with Crippen LogP contribution in [0.4, 0.5) is 52.7 Å². The van der Waals surface area contributed by atoms with Gasteiger partial charge in [0, 0.05) is 21.5 Å². The summed E-state index contributed by atoms with van der Waals surface area (Å²) in [5, 5.41) is 24.4. The molecule has 0 saturated heterocycles. The molecule has 2 heterocycles. The topological polar surface area (TPSA) is 57.4 Å². The first-order valence-corrected chi connectivity index (χ1v) is 25.0. The molecule has 0 radical (unpaired) electrons. The molecule has 0 aliphatic heterocycles. The lowest BCUT2D eigenvalue weighted by atomic mass is 9.99. The molecule has 0 saturated carbocycles. The van der Waals surface area contributed by atoms with Crippen molar-refractivity contribution in [1.82, 2.24) is 9.13 Å². The summed E-state index contributed by atoms with van der Waals surface area (Å²) in [4.78, 5) is 0. The average molecular weight is 1110 g/mol. The number of rotatable bonds is 7. The minimum absolute atomic E-state index is 0.185. The predicted octanol–water partition coefficient (Wildman–Crippen LogP) is 20.0. The van der Waals surface area contributed by atoms with Gasteiger partial charge in [0.05, 0.1) is 66.8 Å². The summed E-state index contributed by atoms with van der Waals surface area (Å²) in [6, 6.07) is 54.7. The van der Waals surface area contributed by atoms with E-state index in [0.717, 1.165) is 48.5 Å². The standard InChI is InChI=1S/C66H34F12N4/c67-63(68,69)49-17-5-37(6-18-49)41-13-25-53-54-26-14-42(38-7-19-50(20-8-38)64(70,71)72)32-60(54)81(59(53)31-41)57-29-45(1-3-47(57)35-79)46-2-4-48(36-80)58(30-46)82-61-33-43(39-9-21-51(22-10-39)65(73,74)75)15-27-55(61)56-28-16-44(34-62(56)82)40-11-23-52(24-12-40)66(76,77)78/h1-34H. The van der Waals surface area contributed by atoms with Gasteiger partial charge in [-0.2, -0.15) is 63.2 Å². The number of hydrogen-bond donors (Lipinski definition) is 0. The summed E-state index contributed by atoms with van der Waals surface area (Å²) in [6.45, 7) is 0. The molecule has 0 fully saturated rings. The van der Waals surface area contributed by atoms with Crippen molar-refractivity contribution in [2.75, 3.05) is 0 Å². The van der Waals surface area contributed by atoms with E-state index >= 15 is 0 Å². The number of hydrogen-bond acceptors (Lipinski definition) is 2. The fraction of sp³-hybridized carbons (Fsp3) is 0.0606. The third-order valence-corrected chi connectivity index (χ3v) is 14.8. The molecule has 16 heteroatoms. The minimum atomic E-state index is -4.58. The molecule has 82 heavy (non-hydrogen) atoms. The van der Waals surface area contributed by atoms with E-state index in [1.165, 1.54) is 48.5 Å². The Morgan fingerprint density at radius 3 is 0.646 bits per heavy atom. The zero-order valence-electron chi connectivity index (χ0n) is 42.0. The second-order valence-electron chi connectivity index (χ2n) is 19.6. The van der Waals surface area contributed by atoms with Crippen LogP contribution in [0.15, 0.2) is 206 Å². The van der Waals surface area contributed by atoms with E-state index in [0.29, 0.717) is 111 Å². The van der Waals surface area contributed by atoms with Gasteiger partial charge in [-0.25, -0.2) is 0 Å². The Morgan fingerprint density at radius 1 is 0.244 bits per heavy atom. The zero-order chi connectivity index (χ0) is 57.6. The van der Waals surface area contributed by atoms with Gasteiger partial charge in [0.25, 0.3) is 0 Å². The number of nitrogens with zero attached hydrogens (tertiary/aromatic N) is 4. The van der Waals surface area contributed by atoms with Crippen LogP contribution in [-0.2, 0) is 24.7 Å². The summed E-state index contributed by atoms with van der Waals surface area (Å²) in [5.41, 5.74) is 4.87. The predicted molar refractivity (Wildman–Crippen MR) is 292 cm³/mol. The summed E-state index contributed by atoms with van der Waals surface area (Å²) in [6.07, 6.45) is -18.3. The van der Waals surface area contributed by atoms with Crippen molar-refractivity contribution >= 4 is 43.6 Å². The second kappa shape index (κ2) is 19.3. The second-order valence-corrected chi connectivity index (χ2v) is 19.6. The fourth-order valence-electron chi connectivity index (χ4n) is 10.7. The lowest BCUT2D eigenvalue weighted by Gasteiger charge is -2.16. The molecule has 402 valence electrons. The number of fused-ring (bicyclic) bond motifs is 6. The van der Waals surface area contributed by atoms with E-state index < -0.39 is 47.0 Å². The van der Waals surface area contributed by atoms with Crippen LogP contribution in [0.5, 0.6) is 0 Å². The highest BCUT2D eigenvalue weighted by Gasteiger charge is 2.33. The lowest BCUT2D eigenvalue weighted by Crippen LogP contribution is -2.04. The Morgan fingerprint density at radius 2 is 0.439 bits per heavy atom. The van der Waals surface area contributed by atoms with E-state index in [-0.39, 0.29) is 11.1 Å². The van der Waals surface area contributed by atoms with Gasteiger partial charge in [0.1, 0.15) is 12.1 Å². The Balaban J connectivity index is 1.06. The van der Waals surface area contributed by atoms with Crippen LogP contribution in [0.2, 0.25) is 0 Å². The maximum atomic E-state index is 13.7. The van der Waals surface area contributed by atoms with Gasteiger partial charge in [-0.05, 0) is 153 Å². The molecule has 0 aliphatic rings. The van der Waals surface area contributed by atoms with Crippen molar-refractivity contribution in [3.05, 3.63) is 240 Å². The quantitative estimate of drug-likeness (QED) is 0.149. The molecule has 0 bridgehead atoms. The van der Waals surface area contributed by atoms with Gasteiger partial charge in [0.2, 0.25) is 0 Å². The van der Waals surface area contributed by atoms with Gasteiger partial charge in [-0.3, -0.25) is 0 Å². The van der Waals surface area contributed by atoms with Crippen LogP contribution in [0.1, 0.15) is 33.4 Å². The van der Waals surface area contributed by atoms with E-state index in [9.17, 15) is 63.2 Å². The summed E-state index contributed by atoms with van der Waals surface area (Å²) in [5.74, 6) is 0. The highest BCUT2D eigenvalue weighted by atomic mass is 19.4. The van der Waals surface area contributed by atoms with Gasteiger partial charge < -0.3 is 9.13 Å². The molecule has 0 aliphatic carbocycles. The molecule has 0 atom stereocenters. The molecule has 2 aromatic heterocycles. The summed E-state index contributed by atoms with van der Waals surface area (Å²) >= 11 is 0. The monoisotopic (exact) mass is 1110 g/mol. The van der Waals surface area contributed by atoms with Crippen molar-refractivity contribution in [2.45, 2.75) is 24.7 Å². The highest BCUT2D eigenvalue weighted by molar-refractivity contribution is 6.13.